The van der Waals surface area contributed by atoms with Gasteiger partial charge in [-0.1, -0.05) is 0 Å². The molecular weight excluding hydrogens is 192 g/mol. The van der Waals surface area contributed by atoms with E-state index in [4.69, 9.17) is 15.2 Å². The Morgan fingerprint density at radius 3 is 2.80 bits per heavy atom. The van der Waals surface area contributed by atoms with Gasteiger partial charge in [-0.15, -0.1) is 0 Å². The van der Waals surface area contributed by atoms with Crippen molar-refractivity contribution in [2.24, 2.45) is 5.73 Å². The highest BCUT2D eigenvalue weighted by molar-refractivity contribution is 5.58. The molecule has 0 saturated carbocycles. The fraction of sp³-hybridized carbons (Fsp3) is 0.455. The predicted octanol–water partition coefficient (Wildman–Crippen LogP) is 1.26. The summed E-state index contributed by atoms with van der Waals surface area (Å²) in [5, 5.41) is 3.22. The molecule has 0 fully saturated rings. The van der Waals surface area contributed by atoms with Crippen LogP contribution in [0.25, 0.3) is 0 Å². The molecule has 15 heavy (non-hydrogen) atoms. The van der Waals surface area contributed by atoms with Gasteiger partial charge in [0.15, 0.2) is 0 Å². The fourth-order valence-corrected chi connectivity index (χ4v) is 1.20. The van der Waals surface area contributed by atoms with Crippen LogP contribution in [0.5, 0.6) is 11.5 Å². The number of hydrogen-bond acceptors (Lipinski definition) is 4. The molecule has 0 atom stereocenters. The third kappa shape index (κ3) is 3.32. The van der Waals surface area contributed by atoms with Crippen molar-refractivity contribution in [3.63, 3.8) is 0 Å². The zero-order chi connectivity index (χ0) is 11.1. The molecule has 0 bridgehead atoms. The van der Waals surface area contributed by atoms with Gasteiger partial charge in [0.25, 0.3) is 0 Å². The van der Waals surface area contributed by atoms with E-state index in [1.807, 2.05) is 6.07 Å². The molecule has 0 aliphatic rings. The Bertz CT molecular complexity index is 303. The van der Waals surface area contributed by atoms with E-state index >= 15 is 0 Å². The standard InChI is InChI=1S/C11H17N2O2/c1-14-9-4-5-10(11(8-9)15-2)13-7-3-6-12/h5,8,13H,3,6-7,12H2,1-2H3. The minimum Gasteiger partial charge on any atom is -0.496 e. The molecule has 0 unspecified atom stereocenters. The lowest BCUT2D eigenvalue weighted by molar-refractivity contribution is 0.395. The third-order valence-electron chi connectivity index (χ3n) is 2.02. The fourth-order valence-electron chi connectivity index (χ4n) is 1.20. The van der Waals surface area contributed by atoms with Crippen molar-refractivity contribution >= 4 is 5.69 Å². The summed E-state index contributed by atoms with van der Waals surface area (Å²) in [6.45, 7) is 1.50. The first-order valence-corrected chi connectivity index (χ1v) is 4.89. The van der Waals surface area contributed by atoms with E-state index in [0.717, 1.165) is 24.4 Å². The molecule has 4 heteroatoms. The van der Waals surface area contributed by atoms with Crippen LogP contribution in [-0.4, -0.2) is 27.3 Å². The molecule has 4 nitrogen and oxygen atoms in total. The van der Waals surface area contributed by atoms with Crippen LogP contribution in [0.3, 0.4) is 0 Å². The number of nitrogens with one attached hydrogen (secondary N) is 1. The van der Waals surface area contributed by atoms with Gasteiger partial charge in [0.05, 0.1) is 19.9 Å². The summed E-state index contributed by atoms with van der Waals surface area (Å²) in [5.41, 5.74) is 6.32. The number of nitrogens with two attached hydrogens (primary N) is 1. The number of rotatable bonds is 6. The van der Waals surface area contributed by atoms with Crippen LogP contribution in [0.2, 0.25) is 0 Å². The van der Waals surface area contributed by atoms with Gasteiger partial charge in [-0.2, -0.15) is 0 Å². The number of anilines is 1. The number of methoxy groups -OCH3 is 2. The van der Waals surface area contributed by atoms with Gasteiger partial charge in [-0.05, 0) is 19.0 Å². The lowest BCUT2D eigenvalue weighted by Crippen LogP contribution is -2.09. The zero-order valence-corrected chi connectivity index (χ0v) is 9.17. The molecule has 0 saturated heterocycles. The zero-order valence-electron chi connectivity index (χ0n) is 9.17. The summed E-state index contributed by atoms with van der Waals surface area (Å²) in [7, 11) is 3.23. The van der Waals surface area contributed by atoms with E-state index in [2.05, 4.69) is 11.4 Å². The van der Waals surface area contributed by atoms with Gasteiger partial charge < -0.3 is 20.5 Å². The number of hydrogen-bond donors (Lipinski definition) is 2. The van der Waals surface area contributed by atoms with Crippen LogP contribution in [0.1, 0.15) is 6.42 Å². The molecule has 0 amide bonds. The summed E-state index contributed by atoms with van der Waals surface area (Å²) in [6, 6.07) is 6.60. The molecule has 0 spiro atoms. The van der Waals surface area contributed by atoms with Gasteiger partial charge in [-0.25, -0.2) is 0 Å². The van der Waals surface area contributed by atoms with E-state index in [0.29, 0.717) is 12.3 Å². The molecule has 83 valence electrons. The van der Waals surface area contributed by atoms with Gasteiger partial charge in [0.2, 0.25) is 0 Å². The Labute approximate surface area is 90.4 Å². The van der Waals surface area contributed by atoms with Crippen LogP contribution < -0.4 is 20.5 Å². The van der Waals surface area contributed by atoms with Crippen LogP contribution in [-0.2, 0) is 0 Å². The summed E-state index contributed by atoms with van der Waals surface area (Å²) < 4.78 is 10.3. The molecular formula is C11H17N2O2. The van der Waals surface area contributed by atoms with Crippen molar-refractivity contribution in [3.8, 4) is 11.5 Å². The Balaban J connectivity index is 2.69. The van der Waals surface area contributed by atoms with E-state index in [9.17, 15) is 0 Å². The first kappa shape index (κ1) is 11.7. The maximum absolute atomic E-state index is 5.41. The maximum atomic E-state index is 5.41. The van der Waals surface area contributed by atoms with E-state index < -0.39 is 0 Å². The molecule has 0 aliphatic carbocycles. The van der Waals surface area contributed by atoms with Crippen LogP contribution >= 0.6 is 0 Å². The van der Waals surface area contributed by atoms with Crippen molar-refractivity contribution in [2.75, 3.05) is 32.6 Å². The van der Waals surface area contributed by atoms with Crippen molar-refractivity contribution in [3.05, 3.63) is 18.2 Å². The SMILES string of the molecule is COc1[c]cc(NCCCN)c(OC)c1. The third-order valence-corrected chi connectivity index (χ3v) is 2.02. The molecule has 1 aromatic rings. The van der Waals surface area contributed by atoms with E-state index in [1.54, 1.807) is 20.3 Å². The van der Waals surface area contributed by atoms with Crippen LogP contribution in [0.15, 0.2) is 12.1 Å². The lowest BCUT2D eigenvalue weighted by Gasteiger charge is -2.11. The quantitative estimate of drug-likeness (QED) is 0.693. The Morgan fingerprint density at radius 1 is 1.40 bits per heavy atom. The van der Waals surface area contributed by atoms with E-state index in [1.165, 1.54) is 0 Å². The van der Waals surface area contributed by atoms with Gasteiger partial charge in [-0.3, -0.25) is 0 Å². The number of benzene rings is 1. The summed E-state index contributed by atoms with van der Waals surface area (Å²) >= 11 is 0. The Kier molecular flexibility index (Phi) is 4.77. The predicted molar refractivity (Wildman–Crippen MR) is 60.5 cm³/mol. The molecule has 1 radical (unpaired) electrons. The first-order valence-electron chi connectivity index (χ1n) is 4.89. The lowest BCUT2D eigenvalue weighted by atomic mass is 10.2. The largest absolute Gasteiger partial charge is 0.496 e. The molecule has 0 aliphatic heterocycles. The highest BCUT2D eigenvalue weighted by Gasteiger charge is 2.03. The van der Waals surface area contributed by atoms with Crippen molar-refractivity contribution in [2.45, 2.75) is 6.42 Å². The second-order valence-electron chi connectivity index (χ2n) is 3.05. The molecule has 1 rings (SSSR count). The van der Waals surface area contributed by atoms with Crippen molar-refractivity contribution in [1.29, 1.82) is 0 Å². The molecule has 0 heterocycles. The number of ether oxygens (including phenoxy) is 2. The van der Waals surface area contributed by atoms with Gasteiger partial charge >= 0.3 is 0 Å². The van der Waals surface area contributed by atoms with Crippen LogP contribution in [0.4, 0.5) is 5.69 Å². The molecule has 0 aromatic heterocycles. The van der Waals surface area contributed by atoms with Crippen LogP contribution in [0, 0.1) is 6.07 Å². The van der Waals surface area contributed by atoms with Gasteiger partial charge in [0, 0.05) is 18.7 Å². The Morgan fingerprint density at radius 2 is 2.20 bits per heavy atom. The average Bonchev–Trinajstić information content (AvgIpc) is 2.29. The summed E-state index contributed by atoms with van der Waals surface area (Å²) in [4.78, 5) is 0. The smallest absolute Gasteiger partial charge is 0.145 e. The van der Waals surface area contributed by atoms with Gasteiger partial charge in [0.1, 0.15) is 11.5 Å². The average molecular weight is 209 g/mol. The Hall–Kier alpha value is -1.42. The summed E-state index contributed by atoms with van der Waals surface area (Å²) in [5.74, 6) is 1.42. The minimum atomic E-state index is 0.663. The minimum absolute atomic E-state index is 0.663. The summed E-state index contributed by atoms with van der Waals surface area (Å²) in [6.07, 6.45) is 0.926. The molecule has 3 N–H and O–H groups in total. The van der Waals surface area contributed by atoms with Crippen molar-refractivity contribution < 1.29 is 9.47 Å². The topological polar surface area (TPSA) is 56.5 Å². The maximum Gasteiger partial charge on any atom is 0.145 e. The second kappa shape index (κ2) is 6.14. The first-order chi connectivity index (χ1) is 7.31. The van der Waals surface area contributed by atoms with E-state index in [-0.39, 0.29) is 0 Å². The monoisotopic (exact) mass is 209 g/mol. The second-order valence-corrected chi connectivity index (χ2v) is 3.05. The normalized spacial score (nSPS) is 9.80. The highest BCUT2D eigenvalue weighted by Crippen LogP contribution is 2.28. The molecule has 1 aromatic carbocycles. The highest BCUT2D eigenvalue weighted by atomic mass is 16.5. The van der Waals surface area contributed by atoms with Crippen molar-refractivity contribution in [1.82, 2.24) is 0 Å².